The molecule has 1 atom stereocenters. The van der Waals surface area contributed by atoms with Gasteiger partial charge in [0.25, 0.3) is 5.91 Å². The molecule has 2 aromatic carbocycles. The summed E-state index contributed by atoms with van der Waals surface area (Å²) in [6.45, 7) is 1.48. The van der Waals surface area contributed by atoms with E-state index < -0.39 is 18.0 Å². The number of carbonyl (C=O) groups is 2. The number of ether oxygens (including phenoxy) is 2. The van der Waals surface area contributed by atoms with Crippen LogP contribution in [0, 0.1) is 0 Å². The summed E-state index contributed by atoms with van der Waals surface area (Å²) in [5.41, 5.74) is 0.742. The number of amides is 1. The van der Waals surface area contributed by atoms with Gasteiger partial charge in [0.05, 0.1) is 12.7 Å². The van der Waals surface area contributed by atoms with Gasteiger partial charge < -0.3 is 14.8 Å². The predicted molar refractivity (Wildman–Crippen MR) is 93.0 cm³/mol. The first kappa shape index (κ1) is 18.1. The third-order valence-electron chi connectivity index (χ3n) is 3.11. The second-order valence-corrected chi connectivity index (χ2v) is 5.80. The number of anilines is 1. The molecule has 1 amide bonds. The lowest BCUT2D eigenvalue weighted by Gasteiger charge is -2.14. The fraction of sp³-hybridized carbons (Fsp3) is 0.176. The number of esters is 1. The van der Waals surface area contributed by atoms with E-state index >= 15 is 0 Å². The minimum atomic E-state index is -0.989. The Balaban J connectivity index is 1.98. The molecule has 0 saturated carbocycles. The average molecular weight is 368 g/mol. The lowest BCUT2D eigenvalue weighted by molar-refractivity contribution is -0.123. The lowest BCUT2D eigenvalue weighted by Crippen LogP contribution is -2.30. The summed E-state index contributed by atoms with van der Waals surface area (Å²) >= 11 is 11.7. The van der Waals surface area contributed by atoms with Crippen LogP contribution in [0.15, 0.2) is 42.5 Å². The largest absolute Gasteiger partial charge is 0.497 e. The molecule has 0 aliphatic rings. The standard InChI is InChI=1S/C17H15Cl2NO4/c1-10(16(21)20-14-8-12(18)7-13(19)9-14)24-17(22)11-3-5-15(23-2)6-4-11/h3-10H,1-2H3,(H,20,21)/t10-/m0/s1. The monoisotopic (exact) mass is 367 g/mol. The first-order valence-corrected chi connectivity index (χ1v) is 7.76. The number of nitrogens with one attached hydrogen (secondary N) is 1. The normalized spacial score (nSPS) is 11.5. The van der Waals surface area contributed by atoms with E-state index in [1.54, 1.807) is 42.5 Å². The van der Waals surface area contributed by atoms with Crippen molar-refractivity contribution in [3.05, 3.63) is 58.1 Å². The van der Waals surface area contributed by atoms with Crippen molar-refractivity contribution in [2.75, 3.05) is 12.4 Å². The fourth-order valence-corrected chi connectivity index (χ4v) is 2.41. The van der Waals surface area contributed by atoms with Crippen molar-refractivity contribution in [1.82, 2.24) is 0 Å². The van der Waals surface area contributed by atoms with E-state index in [0.717, 1.165) is 0 Å². The van der Waals surface area contributed by atoms with E-state index in [1.807, 2.05) is 0 Å². The highest BCUT2D eigenvalue weighted by molar-refractivity contribution is 6.35. The molecule has 0 heterocycles. The Hall–Kier alpha value is -2.24. The highest BCUT2D eigenvalue weighted by atomic mass is 35.5. The topological polar surface area (TPSA) is 64.6 Å². The average Bonchev–Trinajstić information content (AvgIpc) is 2.53. The van der Waals surface area contributed by atoms with Crippen LogP contribution in [-0.2, 0) is 9.53 Å². The number of rotatable bonds is 5. The van der Waals surface area contributed by atoms with E-state index in [9.17, 15) is 9.59 Å². The van der Waals surface area contributed by atoms with Crippen LogP contribution in [0.5, 0.6) is 5.75 Å². The van der Waals surface area contributed by atoms with Crippen LogP contribution in [-0.4, -0.2) is 25.1 Å². The highest BCUT2D eigenvalue weighted by Crippen LogP contribution is 2.22. The van der Waals surface area contributed by atoms with Gasteiger partial charge in [0.1, 0.15) is 5.75 Å². The number of hydrogen-bond donors (Lipinski definition) is 1. The van der Waals surface area contributed by atoms with Crippen molar-refractivity contribution >= 4 is 40.8 Å². The molecular weight excluding hydrogens is 353 g/mol. The molecule has 2 aromatic rings. The predicted octanol–water partition coefficient (Wildman–Crippen LogP) is 4.19. The molecule has 0 saturated heterocycles. The molecule has 0 aromatic heterocycles. The lowest BCUT2D eigenvalue weighted by atomic mass is 10.2. The van der Waals surface area contributed by atoms with E-state index in [1.165, 1.54) is 14.0 Å². The van der Waals surface area contributed by atoms with E-state index in [0.29, 0.717) is 27.0 Å². The fourth-order valence-electron chi connectivity index (χ4n) is 1.88. The summed E-state index contributed by atoms with van der Waals surface area (Å²) in [7, 11) is 1.53. The summed E-state index contributed by atoms with van der Waals surface area (Å²) < 4.78 is 10.2. The van der Waals surface area contributed by atoms with Gasteiger partial charge in [0.15, 0.2) is 6.10 Å². The molecule has 0 unspecified atom stereocenters. The van der Waals surface area contributed by atoms with E-state index in [2.05, 4.69) is 5.32 Å². The first-order chi connectivity index (χ1) is 11.4. The van der Waals surface area contributed by atoms with Gasteiger partial charge >= 0.3 is 5.97 Å². The van der Waals surface area contributed by atoms with Crippen LogP contribution in [0.2, 0.25) is 10.0 Å². The van der Waals surface area contributed by atoms with Crippen LogP contribution in [0.3, 0.4) is 0 Å². The Labute approximate surface area is 149 Å². The van der Waals surface area contributed by atoms with Gasteiger partial charge in [-0.2, -0.15) is 0 Å². The number of benzene rings is 2. The molecule has 126 valence electrons. The zero-order valence-electron chi connectivity index (χ0n) is 13.0. The molecule has 0 fully saturated rings. The van der Waals surface area contributed by atoms with Crippen LogP contribution >= 0.6 is 23.2 Å². The van der Waals surface area contributed by atoms with Gasteiger partial charge in [-0.25, -0.2) is 4.79 Å². The van der Waals surface area contributed by atoms with Gasteiger partial charge in [0, 0.05) is 15.7 Å². The summed E-state index contributed by atoms with van der Waals surface area (Å²) in [4.78, 5) is 24.1. The van der Waals surface area contributed by atoms with Crippen LogP contribution in [0.1, 0.15) is 17.3 Å². The van der Waals surface area contributed by atoms with E-state index in [-0.39, 0.29) is 0 Å². The second kappa shape index (κ2) is 8.04. The molecule has 0 aliphatic carbocycles. The zero-order valence-corrected chi connectivity index (χ0v) is 14.5. The zero-order chi connectivity index (χ0) is 17.7. The molecule has 7 heteroatoms. The summed E-state index contributed by atoms with van der Waals surface area (Å²) in [5, 5.41) is 3.37. The van der Waals surface area contributed by atoms with E-state index in [4.69, 9.17) is 32.7 Å². The number of halogens is 2. The number of hydrogen-bond acceptors (Lipinski definition) is 4. The Kier molecular flexibility index (Phi) is 6.06. The Morgan fingerprint density at radius 2 is 1.62 bits per heavy atom. The van der Waals surface area contributed by atoms with Crippen LogP contribution in [0.25, 0.3) is 0 Å². The second-order valence-electron chi connectivity index (χ2n) is 4.92. The minimum Gasteiger partial charge on any atom is -0.497 e. The van der Waals surface area contributed by atoms with Crippen molar-refractivity contribution in [2.45, 2.75) is 13.0 Å². The van der Waals surface area contributed by atoms with Crippen molar-refractivity contribution in [3.63, 3.8) is 0 Å². The number of methoxy groups -OCH3 is 1. The van der Waals surface area contributed by atoms with Gasteiger partial charge in [-0.3, -0.25) is 4.79 Å². The molecule has 1 N–H and O–H groups in total. The Morgan fingerprint density at radius 1 is 1.04 bits per heavy atom. The maximum Gasteiger partial charge on any atom is 0.338 e. The first-order valence-electron chi connectivity index (χ1n) is 7.01. The maximum atomic E-state index is 12.1. The van der Waals surface area contributed by atoms with Gasteiger partial charge in [-0.05, 0) is 49.4 Å². The quantitative estimate of drug-likeness (QED) is 0.804. The SMILES string of the molecule is COc1ccc(C(=O)O[C@@H](C)C(=O)Nc2cc(Cl)cc(Cl)c2)cc1. The smallest absolute Gasteiger partial charge is 0.338 e. The van der Waals surface area contributed by atoms with Crippen molar-refractivity contribution < 1.29 is 19.1 Å². The third kappa shape index (κ3) is 4.88. The summed E-state index contributed by atoms with van der Waals surface area (Å²) in [6, 6.07) is 11.0. The highest BCUT2D eigenvalue weighted by Gasteiger charge is 2.19. The third-order valence-corrected chi connectivity index (χ3v) is 3.55. The van der Waals surface area contributed by atoms with Gasteiger partial charge in [0.2, 0.25) is 0 Å². The van der Waals surface area contributed by atoms with Gasteiger partial charge in [-0.1, -0.05) is 23.2 Å². The van der Waals surface area contributed by atoms with Crippen molar-refractivity contribution in [3.8, 4) is 5.75 Å². The molecule has 0 bridgehead atoms. The molecule has 5 nitrogen and oxygen atoms in total. The minimum absolute atomic E-state index is 0.321. The number of carbonyl (C=O) groups excluding carboxylic acids is 2. The summed E-state index contributed by atoms with van der Waals surface area (Å²) in [5.74, 6) is -0.477. The maximum absolute atomic E-state index is 12.1. The Bertz CT molecular complexity index is 727. The van der Waals surface area contributed by atoms with Crippen LogP contribution < -0.4 is 10.1 Å². The van der Waals surface area contributed by atoms with Crippen molar-refractivity contribution in [1.29, 1.82) is 0 Å². The van der Waals surface area contributed by atoms with Gasteiger partial charge in [-0.15, -0.1) is 0 Å². The summed E-state index contributed by atoms with van der Waals surface area (Å²) in [6.07, 6.45) is -0.989. The molecule has 24 heavy (non-hydrogen) atoms. The Morgan fingerprint density at radius 3 is 2.17 bits per heavy atom. The molecule has 2 rings (SSSR count). The molecule has 0 radical (unpaired) electrons. The van der Waals surface area contributed by atoms with Crippen LogP contribution in [0.4, 0.5) is 5.69 Å². The molecule has 0 spiro atoms. The molecular formula is C17H15Cl2NO4. The van der Waals surface area contributed by atoms with Crippen molar-refractivity contribution in [2.24, 2.45) is 0 Å². The molecule has 0 aliphatic heterocycles.